The van der Waals surface area contributed by atoms with Gasteiger partial charge in [0.15, 0.2) is 0 Å². The lowest BCUT2D eigenvalue weighted by Gasteiger charge is -2.39. The maximum absolute atomic E-state index is 5.67. The molecule has 4 nitrogen and oxygen atoms in total. The second-order valence-electron chi connectivity index (χ2n) is 5.59. The van der Waals surface area contributed by atoms with Crippen LogP contribution in [0.5, 0.6) is 0 Å². The van der Waals surface area contributed by atoms with E-state index in [2.05, 4.69) is 41.6 Å². The quantitative estimate of drug-likeness (QED) is 0.837. The molecular weight excluding hydrogens is 240 g/mol. The highest BCUT2D eigenvalue weighted by Crippen LogP contribution is 2.32. The van der Waals surface area contributed by atoms with Crippen molar-refractivity contribution in [2.45, 2.75) is 26.4 Å². The van der Waals surface area contributed by atoms with Gasteiger partial charge in [0.1, 0.15) is 25.2 Å². The second kappa shape index (κ2) is 5.29. The topological polar surface area (TPSA) is 26.6 Å². The van der Waals surface area contributed by atoms with Crippen LogP contribution >= 0.6 is 0 Å². The Bertz CT molecular complexity index is 464. The van der Waals surface area contributed by atoms with Crippen LogP contribution in [0.4, 0.5) is 0 Å². The summed E-state index contributed by atoms with van der Waals surface area (Å²) in [6.45, 7) is 8.86. The Morgan fingerprint density at radius 1 is 1.32 bits per heavy atom. The zero-order valence-corrected chi connectivity index (χ0v) is 11.7. The fourth-order valence-corrected chi connectivity index (χ4v) is 3.09. The van der Waals surface area contributed by atoms with Gasteiger partial charge in [-0.15, -0.1) is 0 Å². The van der Waals surface area contributed by atoms with Gasteiger partial charge in [-0.2, -0.15) is 0 Å². The number of nitrogens with zero attached hydrogens (tertiary/aromatic N) is 2. The molecule has 0 saturated carbocycles. The molecule has 0 aliphatic carbocycles. The van der Waals surface area contributed by atoms with E-state index in [1.54, 1.807) is 6.26 Å². The predicted molar refractivity (Wildman–Crippen MR) is 73.6 cm³/mol. The van der Waals surface area contributed by atoms with Crippen LogP contribution in [-0.2, 0) is 16.0 Å². The third-order valence-corrected chi connectivity index (χ3v) is 3.88. The van der Waals surface area contributed by atoms with Gasteiger partial charge in [-0.1, -0.05) is 13.8 Å². The molecule has 0 spiro atoms. The lowest BCUT2D eigenvalue weighted by Crippen LogP contribution is -2.41. The molecule has 3 heterocycles. The summed E-state index contributed by atoms with van der Waals surface area (Å²) in [5.74, 6) is 1.54. The van der Waals surface area contributed by atoms with Crippen molar-refractivity contribution in [3.63, 3.8) is 0 Å². The summed E-state index contributed by atoms with van der Waals surface area (Å²) >= 11 is 0. The fourth-order valence-electron chi connectivity index (χ4n) is 3.09. The Kier molecular flexibility index (Phi) is 3.51. The SMILES string of the molecule is CC(C)C1c2cccn2CCN1CC1=COCCO1. The van der Waals surface area contributed by atoms with Crippen LogP contribution in [0.25, 0.3) is 0 Å². The van der Waals surface area contributed by atoms with Crippen LogP contribution in [0.15, 0.2) is 30.4 Å². The Morgan fingerprint density at radius 3 is 2.95 bits per heavy atom. The van der Waals surface area contributed by atoms with Crippen LogP contribution in [0.1, 0.15) is 25.6 Å². The van der Waals surface area contributed by atoms with E-state index in [0.717, 1.165) is 25.4 Å². The van der Waals surface area contributed by atoms with Crippen molar-refractivity contribution in [1.29, 1.82) is 0 Å². The average molecular weight is 262 g/mol. The molecule has 3 rings (SSSR count). The van der Waals surface area contributed by atoms with Crippen molar-refractivity contribution in [3.05, 3.63) is 36.0 Å². The summed E-state index contributed by atoms with van der Waals surface area (Å²) < 4.78 is 13.4. The molecule has 1 aromatic rings. The second-order valence-corrected chi connectivity index (χ2v) is 5.59. The van der Waals surface area contributed by atoms with Gasteiger partial charge in [0, 0.05) is 25.0 Å². The smallest absolute Gasteiger partial charge is 0.144 e. The van der Waals surface area contributed by atoms with Crippen molar-refractivity contribution in [2.75, 3.05) is 26.3 Å². The van der Waals surface area contributed by atoms with Gasteiger partial charge in [0.05, 0.1) is 12.6 Å². The standard InChI is InChI=1S/C15H22N2O2/c1-12(2)15-14-4-3-5-16(14)6-7-17(15)10-13-11-18-8-9-19-13/h3-5,11-12,15H,6-10H2,1-2H3. The van der Waals surface area contributed by atoms with Crippen LogP contribution in [0.2, 0.25) is 0 Å². The first-order valence-corrected chi connectivity index (χ1v) is 7.08. The third kappa shape index (κ3) is 2.50. The highest BCUT2D eigenvalue weighted by Gasteiger charge is 2.30. The molecule has 0 bridgehead atoms. The lowest BCUT2D eigenvalue weighted by molar-refractivity contribution is 0.0502. The zero-order valence-electron chi connectivity index (χ0n) is 11.7. The van der Waals surface area contributed by atoms with Gasteiger partial charge in [0.2, 0.25) is 0 Å². The molecule has 0 radical (unpaired) electrons. The number of aromatic nitrogens is 1. The molecule has 104 valence electrons. The molecule has 1 unspecified atom stereocenters. The Hall–Kier alpha value is -1.42. The minimum atomic E-state index is 0.454. The minimum Gasteiger partial charge on any atom is -0.494 e. The lowest BCUT2D eigenvalue weighted by atomic mass is 9.97. The first-order valence-electron chi connectivity index (χ1n) is 7.08. The molecule has 0 amide bonds. The number of ether oxygens (including phenoxy) is 2. The monoisotopic (exact) mass is 262 g/mol. The maximum Gasteiger partial charge on any atom is 0.144 e. The normalized spacial score (nSPS) is 23.5. The first kappa shape index (κ1) is 12.6. The molecule has 2 aliphatic heterocycles. The van der Waals surface area contributed by atoms with Gasteiger partial charge in [-0.25, -0.2) is 0 Å². The Morgan fingerprint density at radius 2 is 2.21 bits per heavy atom. The molecule has 0 saturated heterocycles. The van der Waals surface area contributed by atoms with E-state index >= 15 is 0 Å². The van der Waals surface area contributed by atoms with Gasteiger partial charge < -0.3 is 14.0 Å². The van der Waals surface area contributed by atoms with Crippen molar-refractivity contribution < 1.29 is 9.47 Å². The summed E-state index contributed by atoms with van der Waals surface area (Å²) in [4.78, 5) is 2.50. The van der Waals surface area contributed by atoms with Crippen molar-refractivity contribution >= 4 is 0 Å². The minimum absolute atomic E-state index is 0.454. The summed E-state index contributed by atoms with van der Waals surface area (Å²) in [6, 6.07) is 4.84. The molecular formula is C15H22N2O2. The number of hydrogen-bond donors (Lipinski definition) is 0. The van der Waals surface area contributed by atoms with Crippen LogP contribution < -0.4 is 0 Å². The fraction of sp³-hybridized carbons (Fsp3) is 0.600. The van der Waals surface area contributed by atoms with E-state index < -0.39 is 0 Å². The number of rotatable bonds is 3. The molecule has 1 aromatic heterocycles. The molecule has 1 atom stereocenters. The Labute approximate surface area is 114 Å². The molecule has 4 heteroatoms. The third-order valence-electron chi connectivity index (χ3n) is 3.88. The van der Waals surface area contributed by atoms with Crippen molar-refractivity contribution in [1.82, 2.24) is 9.47 Å². The average Bonchev–Trinajstić information content (AvgIpc) is 2.87. The predicted octanol–water partition coefficient (Wildman–Crippen LogP) is 2.39. The van der Waals surface area contributed by atoms with E-state index in [0.29, 0.717) is 25.2 Å². The van der Waals surface area contributed by atoms with Gasteiger partial charge >= 0.3 is 0 Å². The van der Waals surface area contributed by atoms with Crippen LogP contribution in [-0.4, -0.2) is 35.8 Å². The molecule has 2 aliphatic rings. The van der Waals surface area contributed by atoms with Gasteiger partial charge in [0.25, 0.3) is 0 Å². The van der Waals surface area contributed by atoms with Gasteiger partial charge in [-0.3, -0.25) is 4.90 Å². The highest BCUT2D eigenvalue weighted by molar-refractivity contribution is 5.16. The highest BCUT2D eigenvalue weighted by atomic mass is 16.6. The van der Waals surface area contributed by atoms with Crippen LogP contribution in [0, 0.1) is 5.92 Å². The number of hydrogen-bond acceptors (Lipinski definition) is 3. The summed E-state index contributed by atoms with van der Waals surface area (Å²) in [7, 11) is 0. The first-order chi connectivity index (χ1) is 9.25. The molecule has 0 N–H and O–H groups in total. The largest absolute Gasteiger partial charge is 0.494 e. The van der Waals surface area contributed by atoms with E-state index in [1.807, 2.05) is 0 Å². The molecule has 0 fully saturated rings. The number of fused-ring (bicyclic) bond motifs is 1. The van der Waals surface area contributed by atoms with Gasteiger partial charge in [-0.05, 0) is 18.1 Å². The van der Waals surface area contributed by atoms with E-state index in [4.69, 9.17) is 9.47 Å². The summed E-state index contributed by atoms with van der Waals surface area (Å²) in [5.41, 5.74) is 1.42. The van der Waals surface area contributed by atoms with E-state index in [1.165, 1.54) is 5.69 Å². The van der Waals surface area contributed by atoms with E-state index in [-0.39, 0.29) is 0 Å². The zero-order chi connectivity index (χ0) is 13.2. The van der Waals surface area contributed by atoms with Crippen molar-refractivity contribution in [3.8, 4) is 0 Å². The molecule has 0 aromatic carbocycles. The summed E-state index contributed by atoms with van der Waals surface area (Å²) in [6.07, 6.45) is 3.95. The van der Waals surface area contributed by atoms with Crippen molar-refractivity contribution in [2.24, 2.45) is 5.92 Å². The van der Waals surface area contributed by atoms with Crippen LogP contribution in [0.3, 0.4) is 0 Å². The molecule has 19 heavy (non-hydrogen) atoms. The maximum atomic E-state index is 5.67. The Balaban J connectivity index is 1.79. The summed E-state index contributed by atoms with van der Waals surface area (Å²) in [5, 5.41) is 0. The van der Waals surface area contributed by atoms with E-state index in [9.17, 15) is 0 Å².